The van der Waals surface area contributed by atoms with E-state index in [9.17, 15) is 22.7 Å². The molecule has 0 aliphatic heterocycles. The molecule has 1 unspecified atom stereocenters. The zero-order valence-electron chi connectivity index (χ0n) is 18.6. The topological polar surface area (TPSA) is 89.3 Å². The van der Waals surface area contributed by atoms with Crippen molar-refractivity contribution in [3.05, 3.63) is 107 Å². The first-order chi connectivity index (χ1) is 16.1. The number of carboxylic acid groups (broad SMARTS) is 1. The molecule has 0 spiro atoms. The molecular weight excluding hydrogens is 455 g/mol. The third kappa shape index (κ3) is 4.77. The highest BCUT2D eigenvalue weighted by atomic mass is 32.2. The quantitative estimate of drug-likeness (QED) is 0.417. The molecule has 174 valence electrons. The SMILES string of the molecule is Cc1c(CC(=O)O)c(-c2ccccc2)nn1C(c1ccc(F)cc1)c1ccc(S(C)(=O)=O)cc1. The predicted molar refractivity (Wildman–Crippen MR) is 127 cm³/mol. The summed E-state index contributed by atoms with van der Waals surface area (Å²) in [7, 11) is -3.38. The van der Waals surface area contributed by atoms with Crippen LogP contribution in [0.2, 0.25) is 0 Å². The summed E-state index contributed by atoms with van der Waals surface area (Å²) in [5.74, 6) is -1.36. The minimum absolute atomic E-state index is 0.183. The summed E-state index contributed by atoms with van der Waals surface area (Å²) >= 11 is 0. The average Bonchev–Trinajstić information content (AvgIpc) is 3.11. The lowest BCUT2D eigenvalue weighted by atomic mass is 9.98. The van der Waals surface area contributed by atoms with Crippen LogP contribution in [0.3, 0.4) is 0 Å². The molecule has 1 heterocycles. The molecular formula is C26H23FN2O4S. The van der Waals surface area contributed by atoms with Crippen molar-refractivity contribution in [1.29, 1.82) is 0 Å². The van der Waals surface area contributed by atoms with Gasteiger partial charge in [-0.1, -0.05) is 54.6 Å². The number of hydrogen-bond acceptors (Lipinski definition) is 4. The maximum atomic E-state index is 13.7. The Hall–Kier alpha value is -3.78. The van der Waals surface area contributed by atoms with Crippen LogP contribution >= 0.6 is 0 Å². The fraction of sp³-hybridized carbons (Fsp3) is 0.154. The minimum atomic E-state index is -3.38. The number of aliphatic carboxylic acids is 1. The van der Waals surface area contributed by atoms with Gasteiger partial charge in [0.05, 0.1) is 17.0 Å². The van der Waals surface area contributed by atoms with Crippen LogP contribution in [0.5, 0.6) is 0 Å². The average molecular weight is 479 g/mol. The van der Waals surface area contributed by atoms with Gasteiger partial charge in [-0.05, 0) is 42.3 Å². The zero-order chi connectivity index (χ0) is 24.5. The van der Waals surface area contributed by atoms with Gasteiger partial charge >= 0.3 is 5.97 Å². The Balaban J connectivity index is 1.94. The molecule has 0 radical (unpaired) electrons. The Labute approximate surface area is 197 Å². The van der Waals surface area contributed by atoms with E-state index in [4.69, 9.17) is 5.10 Å². The highest BCUT2D eigenvalue weighted by molar-refractivity contribution is 7.90. The lowest BCUT2D eigenvalue weighted by Crippen LogP contribution is -2.16. The van der Waals surface area contributed by atoms with Gasteiger partial charge in [0, 0.05) is 23.1 Å². The molecule has 4 aromatic rings. The molecule has 1 atom stereocenters. The smallest absolute Gasteiger partial charge is 0.307 e. The van der Waals surface area contributed by atoms with Gasteiger partial charge in [-0.3, -0.25) is 9.48 Å². The summed E-state index contributed by atoms with van der Waals surface area (Å²) in [6, 6.07) is 21.2. The number of sulfone groups is 1. The van der Waals surface area contributed by atoms with E-state index in [2.05, 4.69) is 0 Å². The number of carboxylic acids is 1. The molecule has 34 heavy (non-hydrogen) atoms. The number of halogens is 1. The molecule has 0 fully saturated rings. The van der Waals surface area contributed by atoms with Crippen LogP contribution in [-0.4, -0.2) is 35.5 Å². The van der Waals surface area contributed by atoms with E-state index < -0.39 is 21.8 Å². The van der Waals surface area contributed by atoms with Crippen molar-refractivity contribution in [2.24, 2.45) is 0 Å². The lowest BCUT2D eigenvalue weighted by Gasteiger charge is -2.21. The van der Waals surface area contributed by atoms with Crippen LogP contribution < -0.4 is 0 Å². The van der Waals surface area contributed by atoms with E-state index in [1.165, 1.54) is 24.3 Å². The van der Waals surface area contributed by atoms with Gasteiger partial charge in [-0.2, -0.15) is 5.10 Å². The molecule has 4 rings (SSSR count). The Morgan fingerprint density at radius 2 is 1.53 bits per heavy atom. The first kappa shape index (κ1) is 23.4. The summed E-state index contributed by atoms with van der Waals surface area (Å²) in [6.45, 7) is 1.80. The number of carbonyl (C=O) groups is 1. The summed E-state index contributed by atoms with van der Waals surface area (Å²) in [5.41, 5.74) is 4.03. The van der Waals surface area contributed by atoms with Gasteiger partial charge in [-0.25, -0.2) is 12.8 Å². The minimum Gasteiger partial charge on any atom is -0.481 e. The molecule has 1 N–H and O–H groups in total. The molecule has 3 aromatic carbocycles. The molecule has 0 bridgehead atoms. The van der Waals surface area contributed by atoms with Gasteiger partial charge in [-0.15, -0.1) is 0 Å². The maximum absolute atomic E-state index is 13.7. The molecule has 0 amide bonds. The van der Waals surface area contributed by atoms with E-state index >= 15 is 0 Å². The van der Waals surface area contributed by atoms with Crippen molar-refractivity contribution in [3.8, 4) is 11.3 Å². The van der Waals surface area contributed by atoms with Gasteiger partial charge in [0.25, 0.3) is 0 Å². The van der Waals surface area contributed by atoms with Crippen LogP contribution in [0.15, 0.2) is 83.8 Å². The van der Waals surface area contributed by atoms with Crippen LogP contribution in [0.1, 0.15) is 28.4 Å². The normalized spacial score (nSPS) is 12.4. The maximum Gasteiger partial charge on any atom is 0.307 e. The van der Waals surface area contributed by atoms with Crippen LogP contribution in [0.25, 0.3) is 11.3 Å². The van der Waals surface area contributed by atoms with E-state index in [-0.39, 0.29) is 17.1 Å². The van der Waals surface area contributed by atoms with Crippen molar-refractivity contribution >= 4 is 15.8 Å². The van der Waals surface area contributed by atoms with E-state index in [1.807, 2.05) is 30.3 Å². The standard InChI is InChI=1S/C26H23FN2O4S/c1-17-23(16-24(30)31)25(18-6-4-3-5-7-18)28-29(17)26(19-8-12-21(27)13-9-19)20-10-14-22(15-11-20)34(2,32)33/h3-15,26H,16H2,1-2H3,(H,30,31). The van der Waals surface area contributed by atoms with Crippen molar-refractivity contribution in [2.75, 3.05) is 6.26 Å². The largest absolute Gasteiger partial charge is 0.481 e. The Morgan fingerprint density at radius 1 is 0.971 bits per heavy atom. The van der Waals surface area contributed by atoms with Crippen LogP contribution in [0.4, 0.5) is 4.39 Å². The monoisotopic (exact) mass is 478 g/mol. The first-order valence-electron chi connectivity index (χ1n) is 10.6. The van der Waals surface area contributed by atoms with Crippen LogP contribution in [-0.2, 0) is 21.1 Å². The van der Waals surface area contributed by atoms with E-state index in [0.717, 1.165) is 22.9 Å². The third-order valence-corrected chi connectivity index (χ3v) is 6.83. The molecule has 0 aliphatic carbocycles. The van der Waals surface area contributed by atoms with Gasteiger partial charge in [0.15, 0.2) is 9.84 Å². The predicted octanol–water partition coefficient (Wildman–Crippen LogP) is 4.67. The number of benzene rings is 3. The number of hydrogen-bond donors (Lipinski definition) is 1. The third-order valence-electron chi connectivity index (χ3n) is 5.70. The molecule has 1 aromatic heterocycles. The molecule has 6 nitrogen and oxygen atoms in total. The van der Waals surface area contributed by atoms with Gasteiger partial charge in [0.2, 0.25) is 0 Å². The zero-order valence-corrected chi connectivity index (χ0v) is 19.5. The highest BCUT2D eigenvalue weighted by Gasteiger charge is 2.25. The summed E-state index contributed by atoms with van der Waals surface area (Å²) < 4.78 is 39.3. The van der Waals surface area contributed by atoms with Crippen molar-refractivity contribution in [2.45, 2.75) is 24.3 Å². The number of aromatic nitrogens is 2. The Morgan fingerprint density at radius 3 is 2.06 bits per heavy atom. The second kappa shape index (κ2) is 9.23. The molecule has 0 saturated heterocycles. The second-order valence-corrected chi connectivity index (χ2v) is 10.1. The fourth-order valence-electron chi connectivity index (χ4n) is 4.01. The molecule has 0 saturated carbocycles. The first-order valence-corrected chi connectivity index (χ1v) is 12.4. The van der Waals surface area contributed by atoms with Crippen LogP contribution in [0, 0.1) is 12.7 Å². The highest BCUT2D eigenvalue weighted by Crippen LogP contribution is 2.33. The summed E-state index contributed by atoms with van der Waals surface area (Å²) in [4.78, 5) is 11.8. The molecule has 0 aliphatic rings. The van der Waals surface area contributed by atoms with Crippen molar-refractivity contribution in [3.63, 3.8) is 0 Å². The Bertz CT molecular complexity index is 1430. The van der Waals surface area contributed by atoms with Gasteiger partial charge < -0.3 is 5.11 Å². The second-order valence-electron chi connectivity index (χ2n) is 8.09. The van der Waals surface area contributed by atoms with Gasteiger partial charge in [0.1, 0.15) is 11.9 Å². The summed E-state index contributed by atoms with van der Waals surface area (Å²) in [5, 5.41) is 14.4. The fourth-order valence-corrected chi connectivity index (χ4v) is 4.64. The number of rotatable bonds is 7. The number of nitrogens with zero attached hydrogens (tertiary/aromatic N) is 2. The Kier molecular flexibility index (Phi) is 6.34. The van der Waals surface area contributed by atoms with E-state index in [1.54, 1.807) is 35.9 Å². The lowest BCUT2D eigenvalue weighted by molar-refractivity contribution is -0.136. The molecule has 8 heteroatoms. The van der Waals surface area contributed by atoms with Crippen molar-refractivity contribution in [1.82, 2.24) is 9.78 Å². The van der Waals surface area contributed by atoms with Crippen molar-refractivity contribution < 1.29 is 22.7 Å². The van der Waals surface area contributed by atoms with E-state index in [0.29, 0.717) is 17.0 Å². The summed E-state index contributed by atoms with van der Waals surface area (Å²) in [6.07, 6.45) is 0.931.